The minimum absolute atomic E-state index is 0.109. The molecule has 130 valence electrons. The third-order valence-electron chi connectivity index (χ3n) is 7.08. The smallest absolute Gasteiger partial charge is 0.115 e. The van der Waals surface area contributed by atoms with Crippen molar-refractivity contribution in [2.45, 2.75) is 57.7 Å². The third kappa shape index (κ3) is 2.24. The molecule has 0 bridgehead atoms. The first kappa shape index (κ1) is 16.1. The lowest BCUT2D eigenvalue weighted by Gasteiger charge is -2.53. The van der Waals surface area contributed by atoms with Crippen LogP contribution in [-0.4, -0.2) is 22.5 Å². The Balaban J connectivity index is 1.85. The first-order valence-electron chi connectivity index (χ1n) is 9.09. The quantitative estimate of drug-likeness (QED) is 0.751. The van der Waals surface area contributed by atoms with E-state index in [9.17, 15) is 10.2 Å². The summed E-state index contributed by atoms with van der Waals surface area (Å²) in [5.41, 5.74) is 3.11. The summed E-state index contributed by atoms with van der Waals surface area (Å²) in [4.78, 5) is 0. The molecule has 2 nitrogen and oxygen atoms in total. The van der Waals surface area contributed by atoms with E-state index in [1.807, 2.05) is 13.0 Å². The van der Waals surface area contributed by atoms with Crippen molar-refractivity contribution in [3.8, 4) is 5.75 Å². The van der Waals surface area contributed by atoms with Gasteiger partial charge in [0.25, 0.3) is 0 Å². The zero-order valence-electron chi connectivity index (χ0n) is 14.5. The lowest BCUT2D eigenvalue weighted by Crippen LogP contribution is -2.49. The number of aliphatic hydroxyl groups is 1. The van der Waals surface area contributed by atoms with Crippen LogP contribution in [-0.2, 0) is 6.42 Å². The normalized spacial score (nSPS) is 43.7. The van der Waals surface area contributed by atoms with Crippen LogP contribution in [0.4, 0.5) is 4.39 Å². The van der Waals surface area contributed by atoms with Gasteiger partial charge in [-0.15, -0.1) is 0 Å². The molecule has 3 aliphatic rings. The number of aromatic hydroxyl groups is 1. The van der Waals surface area contributed by atoms with Gasteiger partial charge in [0.1, 0.15) is 11.9 Å². The number of fused-ring (bicyclic) bond motifs is 5. The molecule has 3 aliphatic carbocycles. The first-order valence-corrected chi connectivity index (χ1v) is 9.09. The largest absolute Gasteiger partial charge is 0.508 e. The minimum atomic E-state index is -0.896. The van der Waals surface area contributed by atoms with Crippen LogP contribution >= 0.6 is 0 Å². The summed E-state index contributed by atoms with van der Waals surface area (Å²) in [6.45, 7) is 8.41. The van der Waals surface area contributed by atoms with Crippen LogP contribution in [0.3, 0.4) is 0 Å². The van der Waals surface area contributed by atoms with Crippen LogP contribution in [0, 0.1) is 23.2 Å². The summed E-state index contributed by atoms with van der Waals surface area (Å²) in [5.74, 6) is 0.871. The molecule has 0 aliphatic heterocycles. The number of rotatable bonds is 1. The van der Waals surface area contributed by atoms with E-state index in [1.54, 1.807) is 12.1 Å². The predicted octanol–water partition coefficient (Wildman–Crippen LogP) is 4.36. The van der Waals surface area contributed by atoms with Crippen LogP contribution in [0.15, 0.2) is 30.4 Å². The van der Waals surface area contributed by atoms with Crippen molar-refractivity contribution in [3.05, 3.63) is 41.5 Å². The molecule has 1 aromatic carbocycles. The van der Waals surface area contributed by atoms with Crippen molar-refractivity contribution in [1.82, 2.24) is 0 Å². The molecule has 24 heavy (non-hydrogen) atoms. The second-order valence-corrected chi connectivity index (χ2v) is 8.72. The van der Waals surface area contributed by atoms with Crippen LogP contribution in [0.5, 0.6) is 5.75 Å². The fraction of sp³-hybridized carbons (Fsp3) is 0.619. The van der Waals surface area contributed by atoms with Gasteiger partial charge in [0, 0.05) is 5.92 Å². The van der Waals surface area contributed by atoms with E-state index in [2.05, 4.69) is 13.5 Å². The number of phenolic OH excluding ortho intramolecular Hbond substituents is 1. The number of alkyl halides is 1. The van der Waals surface area contributed by atoms with E-state index < -0.39 is 6.17 Å². The van der Waals surface area contributed by atoms with E-state index in [0.717, 1.165) is 29.5 Å². The van der Waals surface area contributed by atoms with Gasteiger partial charge < -0.3 is 10.2 Å². The second kappa shape index (κ2) is 5.32. The van der Waals surface area contributed by atoms with Gasteiger partial charge in [-0.2, -0.15) is 0 Å². The number of allylic oxidation sites excluding steroid dienone is 1. The molecule has 2 fully saturated rings. The van der Waals surface area contributed by atoms with Crippen molar-refractivity contribution in [1.29, 1.82) is 0 Å². The van der Waals surface area contributed by atoms with E-state index in [-0.39, 0.29) is 35.0 Å². The number of hydrogen-bond donors (Lipinski definition) is 2. The molecule has 0 heterocycles. The Labute approximate surface area is 143 Å². The Morgan fingerprint density at radius 2 is 2.08 bits per heavy atom. The minimum Gasteiger partial charge on any atom is -0.508 e. The molecule has 3 heteroatoms. The number of aliphatic hydroxyl groups excluding tert-OH is 1. The molecule has 1 aromatic rings. The highest BCUT2D eigenvalue weighted by Crippen LogP contribution is 2.63. The van der Waals surface area contributed by atoms with E-state index in [1.165, 1.54) is 0 Å². The molecule has 0 aromatic heterocycles. The van der Waals surface area contributed by atoms with Crippen molar-refractivity contribution < 1.29 is 14.6 Å². The fourth-order valence-corrected chi connectivity index (χ4v) is 6.17. The van der Waals surface area contributed by atoms with Gasteiger partial charge in [0.05, 0.1) is 6.10 Å². The van der Waals surface area contributed by atoms with Gasteiger partial charge in [-0.05, 0) is 79.0 Å². The number of benzene rings is 1. The molecule has 0 saturated heterocycles. The van der Waals surface area contributed by atoms with Gasteiger partial charge >= 0.3 is 0 Å². The maximum atomic E-state index is 15.4. The number of hydrogen-bond acceptors (Lipinski definition) is 2. The van der Waals surface area contributed by atoms with Crippen molar-refractivity contribution in [3.63, 3.8) is 0 Å². The number of halogens is 1. The molecule has 0 amide bonds. The van der Waals surface area contributed by atoms with Gasteiger partial charge in [-0.3, -0.25) is 0 Å². The number of phenols is 1. The fourth-order valence-electron chi connectivity index (χ4n) is 6.17. The molecular weight excluding hydrogens is 303 g/mol. The summed E-state index contributed by atoms with van der Waals surface area (Å²) in [7, 11) is 0. The zero-order valence-corrected chi connectivity index (χ0v) is 14.5. The lowest BCUT2D eigenvalue weighted by molar-refractivity contribution is -0.0162. The van der Waals surface area contributed by atoms with Gasteiger partial charge in [0.2, 0.25) is 0 Å². The first-order chi connectivity index (χ1) is 11.3. The Hall–Kier alpha value is -1.35. The Morgan fingerprint density at radius 3 is 2.79 bits per heavy atom. The average Bonchev–Trinajstić information content (AvgIpc) is 2.79. The maximum Gasteiger partial charge on any atom is 0.115 e. The summed E-state index contributed by atoms with van der Waals surface area (Å²) < 4.78 is 15.4. The van der Waals surface area contributed by atoms with Crippen molar-refractivity contribution in [2.24, 2.45) is 23.2 Å². The summed E-state index contributed by atoms with van der Waals surface area (Å²) in [6, 6.07) is 5.39. The lowest BCUT2D eigenvalue weighted by atomic mass is 9.51. The summed E-state index contributed by atoms with van der Waals surface area (Å²) in [5, 5.41) is 20.1. The monoisotopic (exact) mass is 330 g/mol. The molecule has 7 atom stereocenters. The molecule has 0 unspecified atom stereocenters. The Bertz CT molecular complexity index is 684. The van der Waals surface area contributed by atoms with Gasteiger partial charge in [-0.1, -0.05) is 25.1 Å². The highest BCUT2D eigenvalue weighted by molar-refractivity contribution is 5.42. The van der Waals surface area contributed by atoms with Gasteiger partial charge in [0.15, 0.2) is 0 Å². The summed E-state index contributed by atoms with van der Waals surface area (Å²) in [6.07, 6.45) is 1.63. The van der Waals surface area contributed by atoms with Crippen LogP contribution < -0.4 is 0 Å². The summed E-state index contributed by atoms with van der Waals surface area (Å²) >= 11 is 0. The highest BCUT2D eigenvalue weighted by Gasteiger charge is 2.58. The average molecular weight is 330 g/mol. The van der Waals surface area contributed by atoms with E-state index in [4.69, 9.17) is 0 Å². The van der Waals surface area contributed by atoms with E-state index in [0.29, 0.717) is 18.8 Å². The Morgan fingerprint density at radius 1 is 1.33 bits per heavy atom. The van der Waals surface area contributed by atoms with Gasteiger partial charge in [-0.25, -0.2) is 4.39 Å². The van der Waals surface area contributed by atoms with Crippen molar-refractivity contribution in [2.75, 3.05) is 0 Å². The Kier molecular flexibility index (Phi) is 3.58. The molecule has 0 radical (unpaired) electrons. The highest BCUT2D eigenvalue weighted by atomic mass is 19.1. The second-order valence-electron chi connectivity index (χ2n) is 8.72. The standard InChI is InChI=1S/C21H27FO2/c1-11(2)16-7-12-6-13(23)4-5-15(12)20-18(22)10-21(3)9-14(24)8-17(21)19(16)20/h4-6,14,16-20,23-24H,1,7-10H2,2-3H3/t14-,16+,17+,18+,19+,20+,21+/m1/s1. The molecule has 2 N–H and O–H groups in total. The molecule has 2 saturated carbocycles. The maximum absolute atomic E-state index is 15.4. The van der Waals surface area contributed by atoms with Crippen LogP contribution in [0.2, 0.25) is 0 Å². The van der Waals surface area contributed by atoms with Crippen LogP contribution in [0.25, 0.3) is 0 Å². The molecule has 0 spiro atoms. The third-order valence-corrected chi connectivity index (χ3v) is 7.08. The predicted molar refractivity (Wildman–Crippen MR) is 92.7 cm³/mol. The topological polar surface area (TPSA) is 40.5 Å². The SMILES string of the molecule is C=C(C)[C@@H]1Cc2cc(O)ccc2[C@@H]2[C@@H]1[C@@H]1C[C@@H](O)C[C@@]1(C)C[C@@H]2F. The van der Waals surface area contributed by atoms with Crippen LogP contribution in [0.1, 0.15) is 50.2 Å². The van der Waals surface area contributed by atoms with Crippen molar-refractivity contribution >= 4 is 0 Å². The molecular formula is C21H27FO2. The zero-order chi connectivity index (χ0) is 17.2. The molecule has 4 rings (SSSR count). The van der Waals surface area contributed by atoms with E-state index >= 15 is 4.39 Å².